The van der Waals surface area contributed by atoms with E-state index in [2.05, 4.69) is 17.1 Å². The quantitative estimate of drug-likeness (QED) is 0.834. The van der Waals surface area contributed by atoms with Crippen molar-refractivity contribution in [3.63, 3.8) is 0 Å². The molecule has 4 nitrogen and oxygen atoms in total. The zero-order valence-electron chi connectivity index (χ0n) is 10.0. The summed E-state index contributed by atoms with van der Waals surface area (Å²) < 4.78 is 10.7. The second kappa shape index (κ2) is 5.48. The first-order valence-corrected chi connectivity index (χ1v) is 5.80. The van der Waals surface area contributed by atoms with Crippen LogP contribution in [0, 0.1) is 0 Å². The highest BCUT2D eigenvalue weighted by Crippen LogP contribution is 2.12. The lowest BCUT2D eigenvalue weighted by Crippen LogP contribution is -2.48. The molecule has 0 amide bonds. The SMILES string of the molecule is COCc1ccc(CN2CCNC(C)C2)o1. The molecule has 1 fully saturated rings. The molecule has 1 aliphatic rings. The van der Waals surface area contributed by atoms with Crippen LogP contribution >= 0.6 is 0 Å². The molecule has 0 bridgehead atoms. The highest BCUT2D eigenvalue weighted by atomic mass is 16.5. The van der Waals surface area contributed by atoms with E-state index in [0.717, 1.165) is 37.7 Å². The largest absolute Gasteiger partial charge is 0.462 e. The summed E-state index contributed by atoms with van der Waals surface area (Å²) in [5.41, 5.74) is 0. The van der Waals surface area contributed by atoms with E-state index >= 15 is 0 Å². The Balaban J connectivity index is 1.87. The summed E-state index contributed by atoms with van der Waals surface area (Å²) in [5.74, 6) is 1.93. The lowest BCUT2D eigenvalue weighted by atomic mass is 10.2. The molecule has 1 unspecified atom stereocenters. The lowest BCUT2D eigenvalue weighted by molar-refractivity contribution is 0.154. The van der Waals surface area contributed by atoms with E-state index in [4.69, 9.17) is 9.15 Å². The molecule has 90 valence electrons. The minimum Gasteiger partial charge on any atom is -0.462 e. The van der Waals surface area contributed by atoms with Crippen molar-refractivity contribution >= 4 is 0 Å². The number of ether oxygens (including phenoxy) is 1. The Morgan fingerprint density at radius 3 is 3.06 bits per heavy atom. The Kier molecular flexibility index (Phi) is 3.98. The van der Waals surface area contributed by atoms with Crippen molar-refractivity contribution in [3.05, 3.63) is 23.7 Å². The fourth-order valence-electron chi connectivity index (χ4n) is 2.10. The van der Waals surface area contributed by atoms with Gasteiger partial charge in [0.25, 0.3) is 0 Å². The van der Waals surface area contributed by atoms with Crippen molar-refractivity contribution in [1.29, 1.82) is 0 Å². The maximum atomic E-state index is 5.67. The van der Waals surface area contributed by atoms with Crippen molar-refractivity contribution < 1.29 is 9.15 Å². The molecule has 0 aromatic carbocycles. The first kappa shape index (κ1) is 11.6. The van der Waals surface area contributed by atoms with Crippen LogP contribution in [0.4, 0.5) is 0 Å². The first-order chi connectivity index (χ1) is 7.78. The molecule has 4 heteroatoms. The van der Waals surface area contributed by atoms with E-state index in [9.17, 15) is 0 Å². The minimum absolute atomic E-state index is 0.554. The average Bonchev–Trinajstić information content (AvgIpc) is 2.66. The van der Waals surface area contributed by atoms with Crippen molar-refractivity contribution in [2.75, 3.05) is 26.7 Å². The summed E-state index contributed by atoms with van der Waals surface area (Å²) >= 11 is 0. The standard InChI is InChI=1S/C12H20N2O2/c1-10-7-14(6-5-13-10)8-11-3-4-12(16-11)9-15-2/h3-4,10,13H,5-9H2,1-2H3. The van der Waals surface area contributed by atoms with Crippen molar-refractivity contribution in [3.8, 4) is 0 Å². The molecule has 0 spiro atoms. The minimum atomic E-state index is 0.554. The molecular weight excluding hydrogens is 204 g/mol. The van der Waals surface area contributed by atoms with E-state index < -0.39 is 0 Å². The van der Waals surface area contributed by atoms with Gasteiger partial charge in [0.1, 0.15) is 18.1 Å². The molecule has 1 atom stereocenters. The number of hydrogen-bond acceptors (Lipinski definition) is 4. The van der Waals surface area contributed by atoms with Crippen molar-refractivity contribution in [2.45, 2.75) is 26.1 Å². The number of hydrogen-bond donors (Lipinski definition) is 1. The Labute approximate surface area is 96.6 Å². The Morgan fingerprint density at radius 2 is 2.31 bits per heavy atom. The van der Waals surface area contributed by atoms with E-state index in [1.165, 1.54) is 0 Å². The normalized spacial score (nSPS) is 22.5. The van der Waals surface area contributed by atoms with Crippen LogP contribution in [0.2, 0.25) is 0 Å². The number of methoxy groups -OCH3 is 1. The van der Waals surface area contributed by atoms with E-state index in [0.29, 0.717) is 12.6 Å². The summed E-state index contributed by atoms with van der Waals surface area (Å²) in [6.07, 6.45) is 0. The number of nitrogens with one attached hydrogen (secondary N) is 1. The predicted molar refractivity (Wildman–Crippen MR) is 62.2 cm³/mol. The summed E-state index contributed by atoms with van der Waals surface area (Å²) in [7, 11) is 1.68. The van der Waals surface area contributed by atoms with Gasteiger partial charge in [-0.15, -0.1) is 0 Å². The zero-order valence-corrected chi connectivity index (χ0v) is 10.0. The second-order valence-corrected chi connectivity index (χ2v) is 4.39. The third-order valence-electron chi connectivity index (χ3n) is 2.84. The van der Waals surface area contributed by atoms with E-state index in [1.54, 1.807) is 7.11 Å². The van der Waals surface area contributed by atoms with E-state index in [-0.39, 0.29) is 0 Å². The molecule has 16 heavy (non-hydrogen) atoms. The Bertz CT molecular complexity index is 325. The van der Waals surface area contributed by atoms with Gasteiger partial charge in [0, 0.05) is 32.8 Å². The van der Waals surface area contributed by atoms with Crippen LogP contribution < -0.4 is 5.32 Å². The molecule has 1 saturated heterocycles. The van der Waals surface area contributed by atoms with Gasteiger partial charge in [0.05, 0.1) is 6.54 Å². The highest BCUT2D eigenvalue weighted by Gasteiger charge is 2.16. The van der Waals surface area contributed by atoms with Gasteiger partial charge in [-0.2, -0.15) is 0 Å². The van der Waals surface area contributed by atoms with Gasteiger partial charge in [-0.3, -0.25) is 4.90 Å². The monoisotopic (exact) mass is 224 g/mol. The lowest BCUT2D eigenvalue weighted by Gasteiger charge is -2.31. The smallest absolute Gasteiger partial charge is 0.129 e. The summed E-state index contributed by atoms with van der Waals surface area (Å²) in [6, 6.07) is 4.60. The zero-order chi connectivity index (χ0) is 11.4. The summed E-state index contributed by atoms with van der Waals surface area (Å²) in [6.45, 7) is 6.90. The maximum Gasteiger partial charge on any atom is 0.129 e. The molecule has 1 aliphatic heterocycles. The fraction of sp³-hybridized carbons (Fsp3) is 0.667. The van der Waals surface area contributed by atoms with Gasteiger partial charge >= 0.3 is 0 Å². The van der Waals surface area contributed by atoms with Crippen LogP contribution in [0.1, 0.15) is 18.4 Å². The van der Waals surface area contributed by atoms with Crippen LogP contribution in [-0.4, -0.2) is 37.7 Å². The maximum absolute atomic E-state index is 5.67. The molecular formula is C12H20N2O2. The Hall–Kier alpha value is -0.840. The number of rotatable bonds is 4. The predicted octanol–water partition coefficient (Wildman–Crippen LogP) is 1.22. The van der Waals surface area contributed by atoms with Crippen molar-refractivity contribution in [1.82, 2.24) is 10.2 Å². The molecule has 2 rings (SSSR count). The van der Waals surface area contributed by atoms with Crippen LogP contribution in [0.3, 0.4) is 0 Å². The highest BCUT2D eigenvalue weighted by molar-refractivity contribution is 5.06. The molecule has 2 heterocycles. The van der Waals surface area contributed by atoms with Crippen molar-refractivity contribution in [2.24, 2.45) is 0 Å². The van der Waals surface area contributed by atoms with Crippen LogP contribution in [0.5, 0.6) is 0 Å². The van der Waals surface area contributed by atoms with Crippen LogP contribution in [0.15, 0.2) is 16.5 Å². The third kappa shape index (κ3) is 3.07. The number of furan rings is 1. The van der Waals surface area contributed by atoms with Gasteiger partial charge in [0.2, 0.25) is 0 Å². The molecule has 1 aromatic heterocycles. The Morgan fingerprint density at radius 1 is 1.50 bits per heavy atom. The van der Waals surface area contributed by atoms with Gasteiger partial charge < -0.3 is 14.5 Å². The number of nitrogens with zero attached hydrogens (tertiary/aromatic N) is 1. The molecule has 0 radical (unpaired) electrons. The topological polar surface area (TPSA) is 37.6 Å². The first-order valence-electron chi connectivity index (χ1n) is 5.80. The van der Waals surface area contributed by atoms with Gasteiger partial charge in [0.15, 0.2) is 0 Å². The summed E-state index contributed by atoms with van der Waals surface area (Å²) in [5, 5.41) is 3.43. The van der Waals surface area contributed by atoms with Gasteiger partial charge in [-0.25, -0.2) is 0 Å². The van der Waals surface area contributed by atoms with Crippen LogP contribution in [-0.2, 0) is 17.9 Å². The third-order valence-corrected chi connectivity index (χ3v) is 2.84. The second-order valence-electron chi connectivity index (χ2n) is 4.39. The van der Waals surface area contributed by atoms with Gasteiger partial charge in [-0.05, 0) is 19.1 Å². The number of piperazine rings is 1. The molecule has 1 aromatic rings. The van der Waals surface area contributed by atoms with Crippen LogP contribution in [0.25, 0.3) is 0 Å². The molecule has 0 saturated carbocycles. The average molecular weight is 224 g/mol. The van der Waals surface area contributed by atoms with E-state index in [1.807, 2.05) is 12.1 Å². The molecule has 0 aliphatic carbocycles. The van der Waals surface area contributed by atoms with Gasteiger partial charge in [-0.1, -0.05) is 0 Å². The fourth-order valence-corrected chi connectivity index (χ4v) is 2.10. The summed E-state index contributed by atoms with van der Waals surface area (Å²) in [4.78, 5) is 2.41. The molecule has 1 N–H and O–H groups in total.